The number of ether oxygens (including phenoxy) is 1. The summed E-state index contributed by atoms with van der Waals surface area (Å²) >= 11 is 0. The van der Waals surface area contributed by atoms with Crippen molar-refractivity contribution in [2.24, 2.45) is 5.73 Å². The molecule has 0 saturated carbocycles. The lowest BCUT2D eigenvalue weighted by Gasteiger charge is -2.05. The molecule has 0 atom stereocenters. The van der Waals surface area contributed by atoms with Crippen LogP contribution in [0, 0.1) is 0 Å². The minimum Gasteiger partial charge on any atom is -0.477 e. The molecular formula is C9H12F3NO3. The Bertz CT molecular complexity index is 284. The van der Waals surface area contributed by atoms with Gasteiger partial charge in [-0.2, -0.15) is 13.2 Å². The molecule has 0 fully saturated rings. The van der Waals surface area contributed by atoms with Crippen molar-refractivity contribution in [3.8, 4) is 0 Å². The lowest BCUT2D eigenvalue weighted by Crippen LogP contribution is -2.17. The second kappa shape index (κ2) is 6.89. The molecule has 0 aliphatic heterocycles. The number of hydrogen-bond acceptors (Lipinski definition) is 3. The summed E-state index contributed by atoms with van der Waals surface area (Å²) in [5.41, 5.74) is 4.70. The Kier molecular flexibility index (Phi) is 6.24. The van der Waals surface area contributed by atoms with Crippen LogP contribution in [0.2, 0.25) is 0 Å². The van der Waals surface area contributed by atoms with Gasteiger partial charge in [0.2, 0.25) is 0 Å². The van der Waals surface area contributed by atoms with Gasteiger partial charge in [-0.05, 0) is 12.5 Å². The van der Waals surface area contributed by atoms with Gasteiger partial charge in [0, 0.05) is 0 Å². The summed E-state index contributed by atoms with van der Waals surface area (Å²) in [6.07, 6.45) is -0.116. The van der Waals surface area contributed by atoms with Crippen LogP contribution in [-0.4, -0.2) is 30.5 Å². The van der Waals surface area contributed by atoms with Crippen LogP contribution in [0.3, 0.4) is 0 Å². The third-order valence-corrected chi connectivity index (χ3v) is 1.35. The van der Waals surface area contributed by atoms with Crippen molar-refractivity contribution in [3.05, 3.63) is 23.9 Å². The predicted molar refractivity (Wildman–Crippen MR) is 50.5 cm³/mol. The van der Waals surface area contributed by atoms with E-state index < -0.39 is 18.8 Å². The first-order chi connectivity index (χ1) is 7.33. The molecule has 4 nitrogen and oxygen atoms in total. The third-order valence-electron chi connectivity index (χ3n) is 1.35. The quantitative estimate of drug-likeness (QED) is 0.418. The van der Waals surface area contributed by atoms with E-state index in [1.165, 1.54) is 12.2 Å². The Labute approximate surface area is 90.2 Å². The van der Waals surface area contributed by atoms with Crippen LogP contribution < -0.4 is 5.73 Å². The molecule has 0 aliphatic carbocycles. The normalized spacial score (nSPS) is 13.3. The van der Waals surface area contributed by atoms with Crippen molar-refractivity contribution in [1.82, 2.24) is 0 Å². The number of nitrogens with two attached hydrogens (primary N) is 1. The highest BCUT2D eigenvalue weighted by Gasteiger charge is 2.26. The first-order valence-corrected chi connectivity index (χ1v) is 4.33. The minimum absolute atomic E-state index is 0.0865. The number of carbonyl (C=O) groups is 1. The fraction of sp³-hybridized carbons (Fsp3) is 0.444. The number of hydrogen-bond donors (Lipinski definition) is 2. The molecule has 0 aliphatic rings. The molecule has 0 radical (unpaired) electrons. The topological polar surface area (TPSA) is 72.5 Å². The number of rotatable bonds is 6. The molecule has 3 N–H and O–H groups in total. The van der Waals surface area contributed by atoms with Crippen molar-refractivity contribution in [2.45, 2.75) is 12.6 Å². The Morgan fingerprint density at radius 1 is 1.44 bits per heavy atom. The van der Waals surface area contributed by atoms with Crippen molar-refractivity contribution in [1.29, 1.82) is 0 Å². The van der Waals surface area contributed by atoms with E-state index in [0.717, 1.165) is 6.08 Å². The molecule has 16 heavy (non-hydrogen) atoms. The van der Waals surface area contributed by atoms with Gasteiger partial charge >= 0.3 is 12.1 Å². The Morgan fingerprint density at radius 3 is 2.56 bits per heavy atom. The van der Waals surface area contributed by atoms with E-state index in [2.05, 4.69) is 4.74 Å². The first kappa shape index (κ1) is 14.5. The molecule has 0 bridgehead atoms. The molecule has 0 aromatic carbocycles. The summed E-state index contributed by atoms with van der Waals surface area (Å²) < 4.78 is 39.1. The minimum atomic E-state index is -4.32. The summed E-state index contributed by atoms with van der Waals surface area (Å²) in [5.74, 6) is -1.25. The number of allylic oxidation sites excluding steroid dienone is 2. The summed E-state index contributed by atoms with van der Waals surface area (Å²) in [4.78, 5) is 10.2. The number of halogens is 3. The van der Waals surface area contributed by atoms with Gasteiger partial charge in [-0.25, -0.2) is 4.79 Å². The van der Waals surface area contributed by atoms with E-state index >= 15 is 0 Å². The monoisotopic (exact) mass is 239 g/mol. The highest BCUT2D eigenvalue weighted by Crippen LogP contribution is 2.14. The zero-order valence-electron chi connectivity index (χ0n) is 8.33. The Balaban J connectivity index is 3.64. The molecule has 0 rings (SSSR count). The standard InChI is InChI=1S/C9H12F3NO3/c10-9(11,12)6-16-5-3-1-2-4-7(13)8(14)15/h1-2,4H,3,5-6,13H2,(H,14,15)/b2-1-,7-4-. The van der Waals surface area contributed by atoms with E-state index in [9.17, 15) is 18.0 Å². The summed E-state index contributed by atoms with van der Waals surface area (Å²) in [5, 5.41) is 8.34. The zero-order valence-corrected chi connectivity index (χ0v) is 8.33. The Morgan fingerprint density at radius 2 is 2.06 bits per heavy atom. The number of carboxylic acid groups (broad SMARTS) is 1. The highest BCUT2D eigenvalue weighted by atomic mass is 19.4. The fourth-order valence-corrected chi connectivity index (χ4v) is 0.678. The molecule has 7 heteroatoms. The SMILES string of the molecule is N/C(=C\C=C/CCOCC(F)(F)F)C(=O)O. The lowest BCUT2D eigenvalue weighted by molar-refractivity contribution is -0.173. The van der Waals surface area contributed by atoms with Crippen molar-refractivity contribution in [2.75, 3.05) is 13.2 Å². The van der Waals surface area contributed by atoms with E-state index in [1.54, 1.807) is 0 Å². The second-order valence-electron chi connectivity index (χ2n) is 2.81. The number of alkyl halides is 3. The van der Waals surface area contributed by atoms with E-state index in [0.29, 0.717) is 0 Å². The summed E-state index contributed by atoms with van der Waals surface area (Å²) in [7, 11) is 0. The molecule has 0 aromatic rings. The van der Waals surface area contributed by atoms with Gasteiger partial charge in [-0.15, -0.1) is 0 Å². The molecule has 0 heterocycles. The largest absolute Gasteiger partial charge is 0.477 e. The molecule has 0 saturated heterocycles. The fourth-order valence-electron chi connectivity index (χ4n) is 0.678. The van der Waals surface area contributed by atoms with Gasteiger partial charge in [0.05, 0.1) is 6.61 Å². The van der Waals surface area contributed by atoms with Gasteiger partial charge in [0.15, 0.2) is 0 Å². The van der Waals surface area contributed by atoms with Crippen molar-refractivity contribution >= 4 is 5.97 Å². The highest BCUT2D eigenvalue weighted by molar-refractivity contribution is 5.85. The van der Waals surface area contributed by atoms with E-state index in [1.807, 2.05) is 0 Å². The summed E-state index contributed by atoms with van der Waals surface area (Å²) in [6.45, 7) is -1.37. The van der Waals surface area contributed by atoms with Crippen LogP contribution >= 0.6 is 0 Å². The molecular weight excluding hydrogens is 227 g/mol. The van der Waals surface area contributed by atoms with Gasteiger partial charge in [0.25, 0.3) is 0 Å². The molecule has 0 amide bonds. The molecule has 0 spiro atoms. The van der Waals surface area contributed by atoms with Crippen molar-refractivity contribution in [3.63, 3.8) is 0 Å². The van der Waals surface area contributed by atoms with Crippen LogP contribution in [0.15, 0.2) is 23.9 Å². The zero-order chi connectivity index (χ0) is 12.6. The van der Waals surface area contributed by atoms with Crippen LogP contribution in [0.1, 0.15) is 6.42 Å². The van der Waals surface area contributed by atoms with E-state index in [-0.39, 0.29) is 18.7 Å². The number of carboxylic acids is 1. The van der Waals surface area contributed by atoms with Crippen LogP contribution in [0.25, 0.3) is 0 Å². The van der Waals surface area contributed by atoms with Crippen LogP contribution in [0.4, 0.5) is 13.2 Å². The smallest absolute Gasteiger partial charge is 0.411 e. The average molecular weight is 239 g/mol. The molecule has 0 unspecified atom stereocenters. The average Bonchev–Trinajstić information content (AvgIpc) is 2.14. The van der Waals surface area contributed by atoms with Gasteiger partial charge in [-0.1, -0.05) is 12.2 Å². The molecule has 92 valence electrons. The second-order valence-corrected chi connectivity index (χ2v) is 2.81. The van der Waals surface area contributed by atoms with Crippen LogP contribution in [0.5, 0.6) is 0 Å². The lowest BCUT2D eigenvalue weighted by atomic mass is 10.3. The maximum Gasteiger partial charge on any atom is 0.411 e. The summed E-state index contributed by atoms with van der Waals surface area (Å²) in [6, 6.07) is 0. The molecule has 0 aromatic heterocycles. The number of aliphatic carboxylic acids is 1. The van der Waals surface area contributed by atoms with Gasteiger partial charge < -0.3 is 15.6 Å². The first-order valence-electron chi connectivity index (χ1n) is 4.33. The van der Waals surface area contributed by atoms with E-state index in [4.69, 9.17) is 10.8 Å². The van der Waals surface area contributed by atoms with Gasteiger partial charge in [-0.3, -0.25) is 0 Å². The third kappa shape index (κ3) is 9.07. The predicted octanol–water partition coefficient (Wildman–Crippen LogP) is 1.44. The maximum atomic E-state index is 11.6. The van der Waals surface area contributed by atoms with Gasteiger partial charge in [0.1, 0.15) is 12.3 Å². The Hall–Kier alpha value is -1.50. The van der Waals surface area contributed by atoms with Crippen LogP contribution in [-0.2, 0) is 9.53 Å². The maximum absolute atomic E-state index is 11.6. The van der Waals surface area contributed by atoms with Crippen molar-refractivity contribution < 1.29 is 27.8 Å².